The van der Waals surface area contributed by atoms with Gasteiger partial charge in [-0.05, 0) is 55.3 Å². The summed E-state index contributed by atoms with van der Waals surface area (Å²) >= 11 is 0. The minimum Gasteiger partial charge on any atom is -0.453 e. The number of methoxy groups -OCH3 is 1. The van der Waals surface area contributed by atoms with Gasteiger partial charge in [0.2, 0.25) is 17.7 Å². The summed E-state index contributed by atoms with van der Waals surface area (Å²) in [5.74, 6) is -1.94. The molecule has 0 saturated carbocycles. The topological polar surface area (TPSA) is 162 Å². The number of ether oxygens (including phenoxy) is 1. The van der Waals surface area contributed by atoms with E-state index in [9.17, 15) is 31.2 Å². The van der Waals surface area contributed by atoms with Crippen molar-refractivity contribution in [1.82, 2.24) is 20.1 Å². The van der Waals surface area contributed by atoms with E-state index < -0.39 is 57.0 Å². The van der Waals surface area contributed by atoms with Crippen molar-refractivity contribution in [3.05, 3.63) is 77.8 Å². The van der Waals surface area contributed by atoms with Crippen LogP contribution in [0, 0.1) is 0 Å². The van der Waals surface area contributed by atoms with Crippen LogP contribution < -0.4 is 10.6 Å². The Balaban J connectivity index is 1.30. The van der Waals surface area contributed by atoms with Gasteiger partial charge in [-0.25, -0.2) is 17.6 Å². The van der Waals surface area contributed by atoms with Crippen LogP contribution in [-0.2, 0) is 32.1 Å². The zero-order chi connectivity index (χ0) is 35.3. The summed E-state index contributed by atoms with van der Waals surface area (Å²) in [7, 11) is -2.83. The second-order valence-electron chi connectivity index (χ2n) is 12.2. The first-order chi connectivity index (χ1) is 23.0. The number of fused-ring (bicyclic) bond motifs is 1. The largest absolute Gasteiger partial charge is 0.453 e. The lowest BCUT2D eigenvalue weighted by Gasteiger charge is -2.37. The van der Waals surface area contributed by atoms with Crippen LogP contribution in [0.25, 0.3) is 22.7 Å². The van der Waals surface area contributed by atoms with Crippen LogP contribution in [0.5, 0.6) is 0 Å². The first-order valence-corrected chi connectivity index (χ1v) is 16.6. The number of rotatable bonds is 5. The summed E-state index contributed by atoms with van der Waals surface area (Å²) < 4.78 is 91.3. The van der Waals surface area contributed by atoms with Gasteiger partial charge in [-0.1, -0.05) is 18.2 Å². The summed E-state index contributed by atoms with van der Waals surface area (Å²) in [6.07, 6.45) is -3.75. The zero-order valence-electron chi connectivity index (χ0n) is 26.1. The van der Waals surface area contributed by atoms with Gasteiger partial charge in [-0.2, -0.15) is 13.2 Å². The molecule has 0 aliphatic carbocycles. The number of alkyl halides is 4. The van der Waals surface area contributed by atoms with Crippen LogP contribution in [0.4, 0.5) is 28.0 Å². The van der Waals surface area contributed by atoms with Crippen molar-refractivity contribution < 1.29 is 44.7 Å². The van der Waals surface area contributed by atoms with Crippen LogP contribution in [-0.4, -0.2) is 78.2 Å². The molecule has 2 aromatic carbocycles. The van der Waals surface area contributed by atoms with Gasteiger partial charge in [0.15, 0.2) is 9.84 Å². The molecule has 0 spiro atoms. The fourth-order valence-electron chi connectivity index (χ4n) is 6.03. The van der Waals surface area contributed by atoms with E-state index in [0.29, 0.717) is 16.8 Å². The highest BCUT2D eigenvalue weighted by molar-refractivity contribution is 7.91. The lowest BCUT2D eigenvalue weighted by Crippen LogP contribution is -2.49. The fourth-order valence-corrected chi connectivity index (χ4v) is 7.58. The van der Waals surface area contributed by atoms with Crippen molar-refractivity contribution >= 4 is 27.5 Å². The maximum absolute atomic E-state index is 15.1. The van der Waals surface area contributed by atoms with Crippen molar-refractivity contribution in [2.75, 3.05) is 30.9 Å². The number of likely N-dealkylation sites (tertiary alicyclic amines) is 1. The number of piperidine rings is 1. The molecule has 1 saturated heterocycles. The van der Waals surface area contributed by atoms with Crippen molar-refractivity contribution in [2.24, 2.45) is 5.73 Å². The molecule has 2 N–H and O–H groups in total. The first-order valence-electron chi connectivity index (χ1n) is 15.0. The van der Waals surface area contributed by atoms with Gasteiger partial charge in [0.25, 0.3) is 0 Å². The molecule has 49 heavy (non-hydrogen) atoms. The number of aromatic nitrogens is 3. The molecule has 1 fully saturated rings. The number of nitrogens with zero attached hydrogens (tertiary/aromatic N) is 5. The van der Waals surface area contributed by atoms with E-state index in [1.165, 1.54) is 60.4 Å². The number of sulfone groups is 1. The predicted octanol–water partition coefficient (Wildman–Crippen LogP) is 4.75. The number of anilines is 1. The van der Waals surface area contributed by atoms with Crippen molar-refractivity contribution in [3.8, 4) is 22.7 Å². The van der Waals surface area contributed by atoms with Crippen LogP contribution >= 0.6 is 0 Å². The average molecular weight is 703 g/mol. The van der Waals surface area contributed by atoms with Crippen molar-refractivity contribution in [1.29, 1.82) is 0 Å². The molecular weight excluding hydrogens is 672 g/mol. The lowest BCUT2D eigenvalue weighted by molar-refractivity contribution is -0.137. The molecule has 17 heteroatoms. The highest BCUT2D eigenvalue weighted by Crippen LogP contribution is 2.38. The first kappa shape index (κ1) is 34.0. The molecule has 2 amide bonds. The maximum atomic E-state index is 15.1. The van der Waals surface area contributed by atoms with Crippen LogP contribution in [0.1, 0.15) is 36.3 Å². The molecule has 2 aliphatic rings. The number of amides is 2. The number of nitrogens with two attached hydrogens (primary N) is 1. The standard InChI is InChI=1S/C32H30F4N6O6S/c1-31(33)12-21(15-41(17-31)30(44)47-2)28-40-39-27(48-28)20-6-10-26-25(11-20)42(29(43)23(37)16-49(26,45)46)14-18-3-9-24(38-13-18)19-4-7-22(8-5-19)32(34,35)36/h3-11,13,21,23H,12,14-17,37H2,1-2H3/t21?,23-,31+/m0/s1. The van der Waals surface area contributed by atoms with Crippen molar-refractivity contribution in [3.63, 3.8) is 0 Å². The van der Waals surface area contributed by atoms with E-state index in [1.807, 2.05) is 0 Å². The molecule has 4 aromatic rings. The van der Waals surface area contributed by atoms with E-state index in [-0.39, 0.29) is 54.0 Å². The monoisotopic (exact) mass is 702 g/mol. The molecule has 6 rings (SSSR count). The lowest BCUT2D eigenvalue weighted by atomic mass is 9.88. The zero-order valence-corrected chi connectivity index (χ0v) is 27.0. The molecule has 2 aromatic heterocycles. The van der Waals surface area contributed by atoms with E-state index in [1.54, 1.807) is 12.1 Å². The quantitative estimate of drug-likeness (QED) is 0.288. The molecule has 0 radical (unpaired) electrons. The highest BCUT2D eigenvalue weighted by Gasteiger charge is 2.42. The van der Waals surface area contributed by atoms with Gasteiger partial charge in [0.1, 0.15) is 5.67 Å². The number of halogens is 4. The van der Waals surface area contributed by atoms with Crippen LogP contribution in [0.2, 0.25) is 0 Å². The van der Waals surface area contributed by atoms with Crippen molar-refractivity contribution in [2.45, 2.75) is 48.6 Å². The number of carbonyl (C=O) groups excluding carboxylic acids is 2. The Labute approximate surface area is 277 Å². The molecule has 4 heterocycles. The Bertz CT molecular complexity index is 2000. The van der Waals surface area contributed by atoms with Gasteiger partial charge < -0.3 is 24.7 Å². The minimum absolute atomic E-state index is 0.00355. The Morgan fingerprint density at radius 1 is 1.10 bits per heavy atom. The number of hydrogen-bond donors (Lipinski definition) is 1. The molecule has 258 valence electrons. The second-order valence-corrected chi connectivity index (χ2v) is 14.2. The van der Waals surface area contributed by atoms with Crippen LogP contribution in [0.3, 0.4) is 0 Å². The second kappa shape index (κ2) is 12.5. The SMILES string of the molecule is COC(=O)N1CC(c2nnc(-c3ccc4c(c3)N(Cc3ccc(-c5ccc(C(F)(F)F)cc5)nc3)C(=O)[C@@H](N)CS4(=O)=O)o2)C[C@@](C)(F)C1. The van der Waals surface area contributed by atoms with E-state index in [4.69, 9.17) is 14.9 Å². The summed E-state index contributed by atoms with van der Waals surface area (Å²) in [5.41, 5.74) is 5.07. The summed E-state index contributed by atoms with van der Waals surface area (Å²) in [6.45, 7) is 1.11. The molecule has 0 bridgehead atoms. The molecule has 3 atom stereocenters. The van der Waals surface area contributed by atoms with Gasteiger partial charge in [0.05, 0.1) is 59.8 Å². The molecular formula is C32H30F4N6O6S. The Morgan fingerprint density at radius 3 is 2.47 bits per heavy atom. The summed E-state index contributed by atoms with van der Waals surface area (Å²) in [5, 5.41) is 8.16. The number of benzene rings is 2. The normalized spacial score (nSPS) is 22.4. The van der Waals surface area contributed by atoms with E-state index in [2.05, 4.69) is 15.2 Å². The van der Waals surface area contributed by atoms with Gasteiger partial charge in [-0.15, -0.1) is 10.2 Å². The third kappa shape index (κ3) is 6.98. The number of carbonyl (C=O) groups is 2. The third-order valence-corrected chi connectivity index (χ3v) is 10.2. The van der Waals surface area contributed by atoms with Gasteiger partial charge in [-0.3, -0.25) is 9.78 Å². The minimum atomic E-state index is -4.48. The number of hydrogen-bond acceptors (Lipinski definition) is 10. The predicted molar refractivity (Wildman–Crippen MR) is 166 cm³/mol. The smallest absolute Gasteiger partial charge is 0.416 e. The molecule has 12 nitrogen and oxygen atoms in total. The molecule has 1 unspecified atom stereocenters. The average Bonchev–Trinajstić information content (AvgIpc) is 3.54. The van der Waals surface area contributed by atoms with Crippen LogP contribution in [0.15, 0.2) is 70.1 Å². The Hall–Kier alpha value is -4.90. The fraction of sp³-hybridized carbons (Fsp3) is 0.344. The third-order valence-electron chi connectivity index (χ3n) is 8.34. The summed E-state index contributed by atoms with van der Waals surface area (Å²) in [6, 6.07) is 10.5. The van der Waals surface area contributed by atoms with Gasteiger partial charge in [0, 0.05) is 23.9 Å². The number of pyridine rings is 1. The van der Waals surface area contributed by atoms with E-state index >= 15 is 4.39 Å². The Morgan fingerprint density at radius 2 is 1.82 bits per heavy atom. The van der Waals surface area contributed by atoms with Gasteiger partial charge >= 0.3 is 12.3 Å². The highest BCUT2D eigenvalue weighted by atomic mass is 32.2. The Kier molecular flexibility index (Phi) is 8.69. The van der Waals surface area contributed by atoms with E-state index in [0.717, 1.165) is 12.1 Å². The maximum Gasteiger partial charge on any atom is 0.416 e. The molecule has 2 aliphatic heterocycles. The summed E-state index contributed by atoms with van der Waals surface area (Å²) in [4.78, 5) is 32.3.